The van der Waals surface area contributed by atoms with Crippen LogP contribution in [0.25, 0.3) is 0 Å². The van der Waals surface area contributed by atoms with Gasteiger partial charge in [0.1, 0.15) is 0 Å². The Kier molecular flexibility index (Phi) is 5.86. The molecule has 0 bridgehead atoms. The summed E-state index contributed by atoms with van der Waals surface area (Å²) < 4.78 is 10.5. The van der Waals surface area contributed by atoms with Crippen molar-refractivity contribution < 1.29 is 9.47 Å². The van der Waals surface area contributed by atoms with Gasteiger partial charge in [-0.2, -0.15) is 0 Å². The number of ether oxygens (including phenoxy) is 2. The van der Waals surface area contributed by atoms with Crippen LogP contribution >= 0.6 is 0 Å². The lowest BCUT2D eigenvalue weighted by Gasteiger charge is -2.39. The van der Waals surface area contributed by atoms with E-state index in [1.165, 1.54) is 24.1 Å². The highest BCUT2D eigenvalue weighted by atomic mass is 16.5. The first-order valence-corrected chi connectivity index (χ1v) is 7.61. The highest BCUT2D eigenvalue weighted by molar-refractivity contribution is 5.46. The van der Waals surface area contributed by atoms with Crippen LogP contribution in [0.2, 0.25) is 0 Å². The van der Waals surface area contributed by atoms with E-state index >= 15 is 0 Å². The van der Waals surface area contributed by atoms with E-state index in [-0.39, 0.29) is 0 Å². The molecule has 2 rings (SSSR count). The Morgan fingerprint density at radius 2 is 2.05 bits per heavy atom. The minimum absolute atomic E-state index is 0.645. The molecule has 1 fully saturated rings. The van der Waals surface area contributed by atoms with Gasteiger partial charge in [-0.15, -0.1) is 0 Å². The van der Waals surface area contributed by atoms with Gasteiger partial charge >= 0.3 is 0 Å². The molecule has 0 unspecified atom stereocenters. The van der Waals surface area contributed by atoms with Crippen LogP contribution in [0, 0.1) is 11.8 Å². The van der Waals surface area contributed by atoms with Gasteiger partial charge in [-0.3, -0.25) is 0 Å². The quantitative estimate of drug-likeness (QED) is 0.735. The van der Waals surface area contributed by atoms with Crippen LogP contribution < -0.4 is 5.32 Å². The fourth-order valence-corrected chi connectivity index (χ4v) is 2.64. The fraction of sp³-hybridized carbons (Fsp3) is 0.647. The third-order valence-electron chi connectivity index (χ3n) is 4.12. The molecule has 3 heteroatoms. The van der Waals surface area contributed by atoms with E-state index in [2.05, 4.69) is 43.4 Å². The van der Waals surface area contributed by atoms with Crippen molar-refractivity contribution in [2.45, 2.75) is 39.3 Å². The van der Waals surface area contributed by atoms with Crippen LogP contribution in [0.1, 0.15) is 32.3 Å². The van der Waals surface area contributed by atoms with Gasteiger partial charge in [0.15, 0.2) is 0 Å². The van der Waals surface area contributed by atoms with E-state index in [0.29, 0.717) is 25.9 Å². The van der Waals surface area contributed by atoms with Gasteiger partial charge < -0.3 is 14.8 Å². The topological polar surface area (TPSA) is 30.5 Å². The third-order valence-corrected chi connectivity index (χ3v) is 4.12. The minimum atomic E-state index is 0.645. The summed E-state index contributed by atoms with van der Waals surface area (Å²) >= 11 is 0. The second-order valence-corrected chi connectivity index (χ2v) is 6.06. The van der Waals surface area contributed by atoms with Crippen LogP contribution in [0.5, 0.6) is 0 Å². The number of hydrogen-bond acceptors (Lipinski definition) is 3. The summed E-state index contributed by atoms with van der Waals surface area (Å²) in [5.41, 5.74) is 2.43. The van der Waals surface area contributed by atoms with E-state index in [1.54, 1.807) is 7.11 Å². The molecule has 1 aliphatic rings. The van der Waals surface area contributed by atoms with Crippen LogP contribution in [-0.4, -0.2) is 26.4 Å². The number of hydrogen-bond donors (Lipinski definition) is 1. The maximum Gasteiger partial charge on any atom is 0.0718 e. The molecule has 0 amide bonds. The average molecular weight is 277 g/mol. The normalized spacial score (nSPS) is 21.8. The molecule has 0 aliphatic heterocycles. The largest absolute Gasteiger partial charge is 0.382 e. The smallest absolute Gasteiger partial charge is 0.0718 e. The summed E-state index contributed by atoms with van der Waals surface area (Å²) in [4.78, 5) is 0. The lowest BCUT2D eigenvalue weighted by Crippen LogP contribution is -2.37. The number of rotatable bonds is 8. The van der Waals surface area contributed by atoms with Crippen LogP contribution in [0.3, 0.4) is 0 Å². The molecule has 20 heavy (non-hydrogen) atoms. The molecule has 0 atom stereocenters. The predicted octanol–water partition coefficient (Wildman–Crippen LogP) is 3.70. The number of benzene rings is 1. The molecule has 112 valence electrons. The zero-order valence-corrected chi connectivity index (χ0v) is 12.9. The van der Waals surface area contributed by atoms with Crippen molar-refractivity contribution in [1.82, 2.24) is 0 Å². The van der Waals surface area contributed by atoms with Crippen molar-refractivity contribution in [3.05, 3.63) is 29.8 Å². The number of anilines is 1. The van der Waals surface area contributed by atoms with E-state index in [1.807, 2.05) is 0 Å². The summed E-state index contributed by atoms with van der Waals surface area (Å²) in [5.74, 6) is 1.71. The Bertz CT molecular complexity index is 400. The van der Waals surface area contributed by atoms with Gasteiger partial charge in [-0.1, -0.05) is 26.0 Å². The van der Waals surface area contributed by atoms with Crippen molar-refractivity contribution in [3.8, 4) is 0 Å². The first-order valence-electron chi connectivity index (χ1n) is 7.61. The molecular formula is C17H27NO2. The van der Waals surface area contributed by atoms with Gasteiger partial charge in [0.2, 0.25) is 0 Å². The molecule has 0 radical (unpaired) electrons. The van der Waals surface area contributed by atoms with E-state index in [0.717, 1.165) is 11.8 Å². The van der Waals surface area contributed by atoms with Crippen LogP contribution in [0.15, 0.2) is 24.3 Å². The molecule has 1 aliphatic carbocycles. The maximum absolute atomic E-state index is 5.56. The highest BCUT2D eigenvalue weighted by Crippen LogP contribution is 2.35. The molecule has 0 saturated heterocycles. The van der Waals surface area contributed by atoms with Crippen molar-refractivity contribution in [2.24, 2.45) is 11.8 Å². The Hall–Kier alpha value is -1.06. The zero-order chi connectivity index (χ0) is 14.4. The first-order chi connectivity index (χ1) is 9.69. The zero-order valence-electron chi connectivity index (χ0n) is 12.9. The van der Waals surface area contributed by atoms with E-state index in [4.69, 9.17) is 9.47 Å². The van der Waals surface area contributed by atoms with Gasteiger partial charge in [0.05, 0.1) is 19.8 Å². The van der Waals surface area contributed by atoms with Crippen LogP contribution in [0.4, 0.5) is 5.69 Å². The molecule has 0 spiro atoms. The van der Waals surface area contributed by atoms with Crippen LogP contribution in [-0.2, 0) is 16.1 Å². The van der Waals surface area contributed by atoms with Gasteiger partial charge in [0, 0.05) is 18.8 Å². The fourth-order valence-electron chi connectivity index (χ4n) is 2.64. The third kappa shape index (κ3) is 4.50. The summed E-state index contributed by atoms with van der Waals surface area (Å²) in [6, 6.07) is 9.18. The van der Waals surface area contributed by atoms with Gasteiger partial charge in [-0.25, -0.2) is 0 Å². The van der Waals surface area contributed by atoms with Gasteiger partial charge in [-0.05, 0) is 42.4 Å². The molecule has 1 aromatic carbocycles. The van der Waals surface area contributed by atoms with Crippen molar-refractivity contribution in [3.63, 3.8) is 0 Å². The molecule has 1 N–H and O–H groups in total. The Morgan fingerprint density at radius 1 is 1.25 bits per heavy atom. The number of methoxy groups -OCH3 is 1. The summed E-state index contributed by atoms with van der Waals surface area (Å²) in [6.07, 6.45) is 2.60. The second-order valence-electron chi connectivity index (χ2n) is 6.06. The van der Waals surface area contributed by atoms with Crippen molar-refractivity contribution >= 4 is 5.69 Å². The summed E-state index contributed by atoms with van der Waals surface area (Å²) in [7, 11) is 1.69. The molecule has 0 heterocycles. The second kappa shape index (κ2) is 7.65. The lowest BCUT2D eigenvalue weighted by molar-refractivity contribution is 0.0617. The first kappa shape index (κ1) is 15.3. The molecule has 3 nitrogen and oxygen atoms in total. The highest BCUT2D eigenvalue weighted by Gasteiger charge is 2.30. The monoisotopic (exact) mass is 277 g/mol. The average Bonchev–Trinajstić information content (AvgIpc) is 2.38. The molecular weight excluding hydrogens is 250 g/mol. The Balaban J connectivity index is 1.75. The van der Waals surface area contributed by atoms with E-state index < -0.39 is 0 Å². The van der Waals surface area contributed by atoms with Crippen molar-refractivity contribution in [1.29, 1.82) is 0 Å². The van der Waals surface area contributed by atoms with Crippen molar-refractivity contribution in [2.75, 3.05) is 25.6 Å². The number of nitrogens with one attached hydrogen (secondary N) is 1. The Labute approximate surface area is 122 Å². The molecule has 0 aromatic heterocycles. The predicted molar refractivity (Wildman–Crippen MR) is 82.9 cm³/mol. The molecule has 1 saturated carbocycles. The van der Waals surface area contributed by atoms with E-state index in [9.17, 15) is 0 Å². The minimum Gasteiger partial charge on any atom is -0.382 e. The summed E-state index contributed by atoms with van der Waals surface area (Å²) in [6.45, 7) is 6.58. The summed E-state index contributed by atoms with van der Waals surface area (Å²) in [5, 5.41) is 3.62. The van der Waals surface area contributed by atoms with Gasteiger partial charge in [0.25, 0.3) is 0 Å². The SMILES string of the molecule is COCCOCc1cccc(NC2CC(C(C)C)C2)c1. The maximum atomic E-state index is 5.56. The standard InChI is InChI=1S/C17H27NO2/c1-13(2)15-10-17(11-15)18-16-6-4-5-14(9-16)12-20-8-7-19-3/h4-6,9,13,15,17-18H,7-8,10-12H2,1-3H3. The molecule has 1 aromatic rings. The lowest BCUT2D eigenvalue weighted by atomic mass is 9.73. The Morgan fingerprint density at radius 3 is 2.75 bits per heavy atom.